The number of para-hydroxylation sites is 2. The number of carbonyl (C=O) groups is 1. The number of furan rings is 1. The summed E-state index contributed by atoms with van der Waals surface area (Å²) in [5, 5.41) is 4.44. The molecule has 186 valence electrons. The maximum Gasteiger partial charge on any atom is 0.196 e. The summed E-state index contributed by atoms with van der Waals surface area (Å²) >= 11 is 0. The van der Waals surface area contributed by atoms with Gasteiger partial charge in [-0.1, -0.05) is 84.9 Å². The fraction of sp³-hybridized carbons (Fsp3) is 0. The summed E-state index contributed by atoms with van der Waals surface area (Å²) in [5.41, 5.74) is 10.6. The molecular weight excluding hydrogens is 490 g/mol. The van der Waals surface area contributed by atoms with Gasteiger partial charge in [-0.2, -0.15) is 0 Å². The van der Waals surface area contributed by atoms with Gasteiger partial charge >= 0.3 is 0 Å². The highest BCUT2D eigenvalue weighted by Gasteiger charge is 2.31. The maximum absolute atomic E-state index is 13.8. The van der Waals surface area contributed by atoms with Gasteiger partial charge in [0, 0.05) is 32.8 Å². The first-order valence-electron chi connectivity index (χ1n) is 13.5. The Morgan fingerprint density at radius 3 is 2.10 bits per heavy atom. The molecule has 0 saturated carbocycles. The topological polar surface area (TPSA) is 35.1 Å². The Labute approximate surface area is 229 Å². The van der Waals surface area contributed by atoms with Gasteiger partial charge in [-0.15, -0.1) is 0 Å². The van der Waals surface area contributed by atoms with Crippen molar-refractivity contribution in [2.24, 2.45) is 0 Å². The number of benzene rings is 6. The van der Waals surface area contributed by atoms with Crippen LogP contribution in [0.2, 0.25) is 0 Å². The van der Waals surface area contributed by atoms with E-state index < -0.39 is 0 Å². The van der Waals surface area contributed by atoms with Gasteiger partial charge in [0.1, 0.15) is 11.2 Å². The predicted octanol–water partition coefficient (Wildman–Crippen LogP) is 9.56. The molecule has 0 fully saturated rings. The van der Waals surface area contributed by atoms with E-state index in [9.17, 15) is 4.79 Å². The third kappa shape index (κ3) is 2.81. The zero-order chi connectivity index (χ0) is 26.4. The van der Waals surface area contributed by atoms with Crippen molar-refractivity contribution in [3.05, 3.63) is 139 Å². The maximum atomic E-state index is 13.8. The van der Waals surface area contributed by atoms with Crippen molar-refractivity contribution in [1.29, 1.82) is 0 Å². The predicted molar refractivity (Wildman–Crippen MR) is 162 cm³/mol. The van der Waals surface area contributed by atoms with E-state index in [1.807, 2.05) is 60.7 Å². The van der Waals surface area contributed by atoms with Gasteiger partial charge in [-0.3, -0.25) is 4.79 Å². The van der Waals surface area contributed by atoms with Crippen LogP contribution in [0.3, 0.4) is 0 Å². The Morgan fingerprint density at radius 1 is 0.500 bits per heavy atom. The molecular formula is C37H21NO2. The lowest BCUT2D eigenvalue weighted by Gasteiger charge is -2.10. The minimum atomic E-state index is 0.0896. The normalized spacial score (nSPS) is 12.6. The number of aromatic nitrogens is 1. The van der Waals surface area contributed by atoms with E-state index in [-0.39, 0.29) is 5.78 Å². The van der Waals surface area contributed by atoms with Crippen LogP contribution < -0.4 is 0 Å². The molecule has 0 amide bonds. The lowest BCUT2D eigenvalue weighted by atomic mass is 9.99. The number of fused-ring (bicyclic) bond motifs is 10. The van der Waals surface area contributed by atoms with Gasteiger partial charge in [-0.25, -0.2) is 0 Å². The largest absolute Gasteiger partial charge is 0.456 e. The van der Waals surface area contributed by atoms with Crippen molar-refractivity contribution in [3.63, 3.8) is 0 Å². The number of carbonyl (C=O) groups excluding carboxylic acids is 1. The standard InChI is InChI=1S/C37H21NO2/c39-37-30-12-5-4-10-25(30)28-17-18-29-31-20-22(23-14-16-27-26-11-6-7-13-33(26)40-34(27)21-23)15-19-32(31)38(36(29)35(28)37)24-8-2-1-3-9-24/h1-21H. The zero-order valence-corrected chi connectivity index (χ0v) is 21.4. The van der Waals surface area contributed by atoms with Gasteiger partial charge in [-0.05, 0) is 64.7 Å². The number of ketones is 1. The molecule has 0 bridgehead atoms. The van der Waals surface area contributed by atoms with Crippen LogP contribution >= 0.6 is 0 Å². The van der Waals surface area contributed by atoms with Gasteiger partial charge in [0.05, 0.1) is 16.6 Å². The minimum Gasteiger partial charge on any atom is -0.456 e. The van der Waals surface area contributed by atoms with Crippen LogP contribution in [0, 0.1) is 0 Å². The monoisotopic (exact) mass is 511 g/mol. The van der Waals surface area contributed by atoms with Crippen molar-refractivity contribution >= 4 is 49.5 Å². The van der Waals surface area contributed by atoms with Crippen LogP contribution in [0.15, 0.2) is 132 Å². The Kier molecular flexibility index (Phi) is 4.20. The fourth-order valence-electron chi connectivity index (χ4n) is 6.54. The molecule has 0 unspecified atom stereocenters. The molecule has 0 aliphatic heterocycles. The van der Waals surface area contributed by atoms with E-state index in [2.05, 4.69) is 71.3 Å². The Bertz CT molecular complexity index is 2340. The second kappa shape index (κ2) is 7.81. The second-order valence-electron chi connectivity index (χ2n) is 10.5. The molecule has 0 spiro atoms. The van der Waals surface area contributed by atoms with Crippen molar-refractivity contribution < 1.29 is 9.21 Å². The number of nitrogens with zero attached hydrogens (tertiary/aromatic N) is 1. The molecule has 0 saturated heterocycles. The van der Waals surface area contributed by atoms with Gasteiger partial charge in [0.2, 0.25) is 0 Å². The van der Waals surface area contributed by atoms with E-state index in [1.165, 1.54) is 0 Å². The zero-order valence-electron chi connectivity index (χ0n) is 21.4. The molecule has 8 aromatic rings. The molecule has 9 rings (SSSR count). The van der Waals surface area contributed by atoms with Crippen LogP contribution in [-0.2, 0) is 0 Å². The van der Waals surface area contributed by atoms with Crippen LogP contribution in [0.5, 0.6) is 0 Å². The summed E-state index contributed by atoms with van der Waals surface area (Å²) < 4.78 is 8.44. The van der Waals surface area contributed by atoms with E-state index in [4.69, 9.17) is 4.42 Å². The first-order chi connectivity index (χ1) is 19.8. The molecule has 3 heteroatoms. The van der Waals surface area contributed by atoms with E-state index in [0.717, 1.165) is 82.8 Å². The summed E-state index contributed by atoms with van der Waals surface area (Å²) in [6.45, 7) is 0. The summed E-state index contributed by atoms with van der Waals surface area (Å²) in [6, 6.07) is 43.7. The lowest BCUT2D eigenvalue weighted by molar-refractivity contribution is 0.104. The molecule has 2 aromatic heterocycles. The lowest BCUT2D eigenvalue weighted by Crippen LogP contribution is -2.01. The van der Waals surface area contributed by atoms with Crippen molar-refractivity contribution in [1.82, 2.24) is 4.57 Å². The average molecular weight is 512 g/mol. The molecule has 1 aliphatic rings. The quantitative estimate of drug-likeness (QED) is 0.232. The minimum absolute atomic E-state index is 0.0896. The van der Waals surface area contributed by atoms with Crippen LogP contribution in [-0.4, -0.2) is 10.4 Å². The average Bonchev–Trinajstić information content (AvgIpc) is 3.64. The second-order valence-corrected chi connectivity index (χ2v) is 10.5. The smallest absolute Gasteiger partial charge is 0.196 e. The Balaban J connectivity index is 1.33. The van der Waals surface area contributed by atoms with E-state index >= 15 is 0 Å². The van der Waals surface area contributed by atoms with Gasteiger partial charge < -0.3 is 8.98 Å². The number of hydrogen-bond donors (Lipinski definition) is 0. The van der Waals surface area contributed by atoms with Crippen molar-refractivity contribution in [3.8, 4) is 27.9 Å². The summed E-state index contributed by atoms with van der Waals surface area (Å²) in [4.78, 5) is 13.8. The Hall–Kier alpha value is -5.41. The first kappa shape index (κ1) is 21.5. The summed E-state index contributed by atoms with van der Waals surface area (Å²) in [7, 11) is 0. The number of rotatable bonds is 2. The van der Waals surface area contributed by atoms with Crippen molar-refractivity contribution in [2.45, 2.75) is 0 Å². The van der Waals surface area contributed by atoms with Crippen LogP contribution in [0.25, 0.3) is 71.7 Å². The molecule has 0 radical (unpaired) electrons. The fourth-order valence-corrected chi connectivity index (χ4v) is 6.54. The molecule has 0 atom stereocenters. The van der Waals surface area contributed by atoms with Crippen LogP contribution in [0.1, 0.15) is 15.9 Å². The Morgan fingerprint density at radius 2 is 1.20 bits per heavy atom. The first-order valence-corrected chi connectivity index (χ1v) is 13.5. The molecule has 6 aromatic carbocycles. The summed E-state index contributed by atoms with van der Waals surface area (Å²) in [5.74, 6) is 0.0896. The van der Waals surface area contributed by atoms with Crippen LogP contribution in [0.4, 0.5) is 0 Å². The number of hydrogen-bond acceptors (Lipinski definition) is 2. The highest BCUT2D eigenvalue weighted by atomic mass is 16.3. The SMILES string of the molecule is O=C1c2ccccc2-c2ccc3c4cc(-c5ccc6c(c5)oc5ccccc56)ccc4n(-c4ccccc4)c3c21. The van der Waals surface area contributed by atoms with Gasteiger partial charge in [0.25, 0.3) is 0 Å². The third-order valence-electron chi connectivity index (χ3n) is 8.34. The summed E-state index contributed by atoms with van der Waals surface area (Å²) in [6.07, 6.45) is 0. The molecule has 3 nitrogen and oxygen atoms in total. The van der Waals surface area contributed by atoms with E-state index in [1.54, 1.807) is 0 Å². The highest BCUT2D eigenvalue weighted by Crippen LogP contribution is 2.45. The molecule has 40 heavy (non-hydrogen) atoms. The molecule has 1 aliphatic carbocycles. The third-order valence-corrected chi connectivity index (χ3v) is 8.34. The highest BCUT2D eigenvalue weighted by molar-refractivity contribution is 6.29. The van der Waals surface area contributed by atoms with Crippen molar-refractivity contribution in [2.75, 3.05) is 0 Å². The van der Waals surface area contributed by atoms with Gasteiger partial charge in [0.15, 0.2) is 5.78 Å². The molecule has 0 N–H and O–H groups in total. The molecule has 2 heterocycles. The van der Waals surface area contributed by atoms with E-state index in [0.29, 0.717) is 0 Å².